The van der Waals surface area contributed by atoms with Gasteiger partial charge in [0.15, 0.2) is 0 Å². The smallest absolute Gasteiger partial charge is 0.321 e. The highest BCUT2D eigenvalue weighted by atomic mass is 35.5. The van der Waals surface area contributed by atoms with Crippen LogP contribution >= 0.6 is 11.6 Å². The number of aliphatic carboxylic acids is 1. The third kappa shape index (κ3) is 2.82. The van der Waals surface area contributed by atoms with Crippen LogP contribution in [0.3, 0.4) is 0 Å². The van der Waals surface area contributed by atoms with E-state index in [4.69, 9.17) is 22.1 Å². The molecule has 3 N–H and O–H groups in total. The summed E-state index contributed by atoms with van der Waals surface area (Å²) in [5.41, 5.74) is 6.33. The number of rotatable bonds is 3. The maximum absolute atomic E-state index is 11.5. The summed E-state index contributed by atoms with van der Waals surface area (Å²) < 4.78 is 5.74. The van der Waals surface area contributed by atoms with Crippen LogP contribution in [-0.4, -0.2) is 29.3 Å². The number of carboxylic acids is 1. The Kier molecular flexibility index (Phi) is 4.37. The monoisotopic (exact) mass is 297 g/mol. The van der Waals surface area contributed by atoms with E-state index in [2.05, 4.69) is 0 Å². The predicted octanol–water partition coefficient (Wildman–Crippen LogP) is 2.58. The third-order valence-corrected chi connectivity index (χ3v) is 4.30. The van der Waals surface area contributed by atoms with Crippen molar-refractivity contribution in [1.82, 2.24) is 0 Å². The molecule has 1 aliphatic rings. The molecule has 0 saturated carbocycles. The maximum atomic E-state index is 11.5. The van der Waals surface area contributed by atoms with Gasteiger partial charge < -0.3 is 15.6 Å². The van der Waals surface area contributed by atoms with Crippen molar-refractivity contribution in [1.29, 1.82) is 0 Å². The summed E-state index contributed by atoms with van der Waals surface area (Å²) in [6.45, 7) is 3.91. The highest BCUT2D eigenvalue weighted by Gasteiger charge is 2.47. The largest absolute Gasteiger partial charge is 0.480 e. The van der Waals surface area contributed by atoms with Crippen molar-refractivity contribution in [2.45, 2.75) is 50.4 Å². The van der Waals surface area contributed by atoms with E-state index >= 15 is 0 Å². The molecule has 1 saturated heterocycles. The second-order valence-corrected chi connectivity index (χ2v) is 6.08. The standard InChI is InChI=1S/C15H20ClNO3/c1-9-7-15(8-10(2)20-9,13(17)14(18)19)11-3-5-12(16)6-4-11/h3-6,9-10,13H,7-8,17H2,1-2H3,(H,18,19)/t9-,10+,13-,15?/m1/s1. The first-order valence-corrected chi connectivity index (χ1v) is 7.13. The van der Waals surface area contributed by atoms with Crippen molar-refractivity contribution in [3.63, 3.8) is 0 Å². The first-order chi connectivity index (χ1) is 9.35. The zero-order valence-electron chi connectivity index (χ0n) is 11.7. The molecule has 1 aromatic rings. The lowest BCUT2D eigenvalue weighted by atomic mass is 9.66. The van der Waals surface area contributed by atoms with E-state index in [1.165, 1.54) is 0 Å². The molecule has 4 nitrogen and oxygen atoms in total. The molecule has 0 aromatic heterocycles. The molecule has 1 aromatic carbocycles. The fraction of sp³-hybridized carbons (Fsp3) is 0.533. The first-order valence-electron chi connectivity index (χ1n) is 6.75. The molecule has 0 radical (unpaired) electrons. The number of benzene rings is 1. The average molecular weight is 298 g/mol. The van der Waals surface area contributed by atoms with Gasteiger partial charge in [-0.05, 0) is 44.4 Å². The summed E-state index contributed by atoms with van der Waals surface area (Å²) in [5, 5.41) is 10.0. The molecule has 0 aliphatic carbocycles. The predicted molar refractivity (Wildman–Crippen MR) is 78.0 cm³/mol. The molecule has 2 rings (SSSR count). The van der Waals surface area contributed by atoms with Gasteiger partial charge in [-0.25, -0.2) is 0 Å². The van der Waals surface area contributed by atoms with Crippen LogP contribution in [0.1, 0.15) is 32.3 Å². The molecule has 0 bridgehead atoms. The summed E-state index contributed by atoms with van der Waals surface area (Å²) in [4.78, 5) is 11.5. The Morgan fingerprint density at radius 1 is 1.35 bits per heavy atom. The van der Waals surface area contributed by atoms with Gasteiger partial charge in [0.05, 0.1) is 12.2 Å². The third-order valence-electron chi connectivity index (χ3n) is 4.05. The summed E-state index contributed by atoms with van der Waals surface area (Å²) in [6.07, 6.45) is 1.12. The molecule has 1 unspecified atom stereocenters. The van der Waals surface area contributed by atoms with Crippen LogP contribution in [0, 0.1) is 0 Å². The van der Waals surface area contributed by atoms with Crippen LogP contribution < -0.4 is 5.73 Å². The Morgan fingerprint density at radius 2 is 1.85 bits per heavy atom. The second-order valence-electron chi connectivity index (χ2n) is 5.64. The fourth-order valence-corrected chi connectivity index (χ4v) is 3.42. The second kappa shape index (κ2) is 5.72. The van der Waals surface area contributed by atoms with E-state index in [1.54, 1.807) is 12.1 Å². The lowest BCUT2D eigenvalue weighted by Crippen LogP contribution is -2.56. The van der Waals surface area contributed by atoms with Gasteiger partial charge in [-0.1, -0.05) is 23.7 Å². The SMILES string of the molecule is C[C@@H]1CC(c2ccc(Cl)cc2)([C@H](N)C(=O)O)C[C@H](C)O1. The van der Waals surface area contributed by atoms with Crippen molar-refractivity contribution >= 4 is 17.6 Å². The highest BCUT2D eigenvalue weighted by Crippen LogP contribution is 2.42. The van der Waals surface area contributed by atoms with Crippen LogP contribution in [0.2, 0.25) is 5.02 Å². The Labute approximate surface area is 123 Å². The molecule has 0 amide bonds. The number of hydrogen-bond acceptors (Lipinski definition) is 3. The van der Waals surface area contributed by atoms with Crippen molar-refractivity contribution in [2.75, 3.05) is 0 Å². The van der Waals surface area contributed by atoms with E-state index in [-0.39, 0.29) is 12.2 Å². The number of hydrogen-bond donors (Lipinski definition) is 2. The van der Waals surface area contributed by atoms with E-state index < -0.39 is 17.4 Å². The van der Waals surface area contributed by atoms with Crippen molar-refractivity contribution in [3.05, 3.63) is 34.9 Å². The molecular weight excluding hydrogens is 278 g/mol. The van der Waals surface area contributed by atoms with Crippen LogP contribution in [0.15, 0.2) is 24.3 Å². The van der Waals surface area contributed by atoms with E-state index in [0.717, 1.165) is 5.56 Å². The molecule has 1 heterocycles. The van der Waals surface area contributed by atoms with Gasteiger partial charge in [0, 0.05) is 10.4 Å². The molecule has 0 spiro atoms. The Bertz CT molecular complexity index is 478. The molecule has 1 aliphatic heterocycles. The maximum Gasteiger partial charge on any atom is 0.321 e. The normalized spacial score (nSPS) is 31.8. The minimum Gasteiger partial charge on any atom is -0.480 e. The first kappa shape index (κ1) is 15.3. The van der Waals surface area contributed by atoms with Crippen molar-refractivity contribution in [3.8, 4) is 0 Å². The minimum absolute atomic E-state index is 0.0279. The summed E-state index contributed by atoms with van der Waals surface area (Å²) in [6, 6.07) is 6.33. The van der Waals surface area contributed by atoms with E-state index in [9.17, 15) is 9.90 Å². The highest BCUT2D eigenvalue weighted by molar-refractivity contribution is 6.30. The average Bonchev–Trinajstić information content (AvgIpc) is 2.37. The fourth-order valence-electron chi connectivity index (χ4n) is 3.29. The number of halogens is 1. The van der Waals surface area contributed by atoms with Crippen LogP contribution in [0.5, 0.6) is 0 Å². The molecule has 1 fully saturated rings. The number of carboxylic acid groups (broad SMARTS) is 1. The quantitative estimate of drug-likeness (QED) is 0.899. The topological polar surface area (TPSA) is 72.6 Å². The van der Waals surface area contributed by atoms with E-state index in [1.807, 2.05) is 26.0 Å². The van der Waals surface area contributed by atoms with Gasteiger partial charge in [0.2, 0.25) is 0 Å². The Morgan fingerprint density at radius 3 is 2.30 bits per heavy atom. The zero-order valence-corrected chi connectivity index (χ0v) is 12.4. The van der Waals surface area contributed by atoms with Gasteiger partial charge in [-0.2, -0.15) is 0 Å². The Hall–Kier alpha value is -1.10. The van der Waals surface area contributed by atoms with Gasteiger partial charge in [0.1, 0.15) is 6.04 Å². The lowest BCUT2D eigenvalue weighted by Gasteiger charge is -2.45. The molecule has 20 heavy (non-hydrogen) atoms. The Balaban J connectivity index is 2.48. The van der Waals surface area contributed by atoms with Gasteiger partial charge >= 0.3 is 5.97 Å². The number of nitrogens with two attached hydrogens (primary N) is 1. The van der Waals surface area contributed by atoms with Crippen LogP contribution in [-0.2, 0) is 14.9 Å². The minimum atomic E-state index is -0.985. The van der Waals surface area contributed by atoms with Crippen LogP contribution in [0.4, 0.5) is 0 Å². The molecule has 5 heteroatoms. The van der Waals surface area contributed by atoms with Gasteiger partial charge in [-0.15, -0.1) is 0 Å². The molecule has 4 atom stereocenters. The number of ether oxygens (including phenoxy) is 1. The summed E-state index contributed by atoms with van der Waals surface area (Å²) in [5.74, 6) is -0.985. The van der Waals surface area contributed by atoms with Crippen molar-refractivity contribution in [2.24, 2.45) is 5.73 Å². The number of carbonyl (C=O) groups is 1. The van der Waals surface area contributed by atoms with Gasteiger partial charge in [0.25, 0.3) is 0 Å². The molecule has 110 valence electrons. The lowest BCUT2D eigenvalue weighted by molar-refractivity contribution is -0.143. The van der Waals surface area contributed by atoms with E-state index in [0.29, 0.717) is 17.9 Å². The molecular formula is C15H20ClNO3. The summed E-state index contributed by atoms with van der Waals surface area (Å²) >= 11 is 5.92. The zero-order chi connectivity index (χ0) is 14.9. The summed E-state index contributed by atoms with van der Waals surface area (Å²) in [7, 11) is 0. The van der Waals surface area contributed by atoms with Crippen LogP contribution in [0.25, 0.3) is 0 Å². The van der Waals surface area contributed by atoms with Gasteiger partial charge in [-0.3, -0.25) is 4.79 Å². The van der Waals surface area contributed by atoms with Crippen molar-refractivity contribution < 1.29 is 14.6 Å².